The van der Waals surface area contributed by atoms with E-state index in [2.05, 4.69) is 5.32 Å². The first-order valence-electron chi connectivity index (χ1n) is 8.50. The smallest absolute Gasteiger partial charge is 0.259 e. The third-order valence-electron chi connectivity index (χ3n) is 4.18. The van der Waals surface area contributed by atoms with E-state index in [0.717, 1.165) is 0 Å². The number of aryl methyl sites for hydroxylation is 1. The van der Waals surface area contributed by atoms with Crippen LogP contribution in [0.4, 0.5) is 5.69 Å². The number of amides is 1. The predicted molar refractivity (Wildman–Crippen MR) is 107 cm³/mol. The maximum atomic E-state index is 12.8. The summed E-state index contributed by atoms with van der Waals surface area (Å²) in [6.45, 7) is 6.03. The Morgan fingerprint density at radius 1 is 1.15 bits per heavy atom. The van der Waals surface area contributed by atoms with Crippen LogP contribution in [0.3, 0.4) is 0 Å². The molecule has 27 heavy (non-hydrogen) atoms. The van der Waals surface area contributed by atoms with Crippen LogP contribution >= 0.6 is 11.6 Å². The third kappa shape index (κ3) is 4.61. The van der Waals surface area contributed by atoms with E-state index in [1.807, 2.05) is 0 Å². The Bertz CT molecular complexity index is 941. The molecular weight excluding hydrogens is 388 g/mol. The molecule has 0 aromatic heterocycles. The van der Waals surface area contributed by atoms with Crippen molar-refractivity contribution in [2.24, 2.45) is 0 Å². The van der Waals surface area contributed by atoms with Crippen molar-refractivity contribution in [1.29, 1.82) is 0 Å². The van der Waals surface area contributed by atoms with Gasteiger partial charge in [-0.15, -0.1) is 0 Å². The van der Waals surface area contributed by atoms with E-state index >= 15 is 0 Å². The van der Waals surface area contributed by atoms with Crippen LogP contribution in [0.5, 0.6) is 5.75 Å². The number of nitrogens with one attached hydrogen (secondary N) is 1. The molecule has 0 fully saturated rings. The summed E-state index contributed by atoms with van der Waals surface area (Å²) in [5.74, 6) is -0.0654. The van der Waals surface area contributed by atoms with Crippen LogP contribution in [-0.2, 0) is 10.0 Å². The Balaban J connectivity index is 2.39. The molecule has 0 saturated carbocycles. The van der Waals surface area contributed by atoms with E-state index in [9.17, 15) is 13.2 Å². The van der Waals surface area contributed by atoms with E-state index in [4.69, 9.17) is 16.3 Å². The highest BCUT2D eigenvalue weighted by Gasteiger charge is 2.24. The summed E-state index contributed by atoms with van der Waals surface area (Å²) in [7, 11) is -2.18. The summed E-state index contributed by atoms with van der Waals surface area (Å²) in [6.07, 6.45) is 0. The number of halogens is 1. The van der Waals surface area contributed by atoms with Crippen molar-refractivity contribution in [3.63, 3.8) is 0 Å². The van der Waals surface area contributed by atoms with Gasteiger partial charge in [-0.1, -0.05) is 31.5 Å². The molecule has 2 aromatic carbocycles. The maximum Gasteiger partial charge on any atom is 0.259 e. The van der Waals surface area contributed by atoms with Crippen molar-refractivity contribution >= 4 is 33.2 Å². The van der Waals surface area contributed by atoms with Gasteiger partial charge in [-0.2, -0.15) is 4.31 Å². The average molecular weight is 411 g/mol. The van der Waals surface area contributed by atoms with E-state index in [1.54, 1.807) is 45.0 Å². The van der Waals surface area contributed by atoms with Gasteiger partial charge in [0.25, 0.3) is 5.91 Å². The van der Waals surface area contributed by atoms with Crippen LogP contribution in [-0.4, -0.2) is 38.8 Å². The Hall–Kier alpha value is -2.09. The van der Waals surface area contributed by atoms with Gasteiger partial charge in [-0.25, -0.2) is 8.42 Å². The van der Waals surface area contributed by atoms with Crippen molar-refractivity contribution in [2.45, 2.75) is 25.7 Å². The Morgan fingerprint density at radius 3 is 2.41 bits per heavy atom. The number of hydrogen-bond acceptors (Lipinski definition) is 4. The van der Waals surface area contributed by atoms with Gasteiger partial charge in [0.2, 0.25) is 10.0 Å². The van der Waals surface area contributed by atoms with Crippen LogP contribution in [0.1, 0.15) is 29.8 Å². The fourth-order valence-electron chi connectivity index (χ4n) is 2.71. The van der Waals surface area contributed by atoms with Gasteiger partial charge in [-0.3, -0.25) is 4.79 Å². The molecule has 0 aliphatic heterocycles. The first kappa shape index (κ1) is 21.2. The van der Waals surface area contributed by atoms with Gasteiger partial charge in [0, 0.05) is 23.8 Å². The van der Waals surface area contributed by atoms with Crippen molar-refractivity contribution in [1.82, 2.24) is 4.31 Å². The van der Waals surface area contributed by atoms with E-state index in [-0.39, 0.29) is 10.5 Å². The molecule has 1 N–H and O–H groups in total. The molecule has 0 saturated heterocycles. The number of carbonyl (C=O) groups excluding carboxylic acids is 1. The first-order chi connectivity index (χ1) is 12.7. The standard InChI is InChI=1S/C19H23ClN2O4S/c1-5-22(6-2)27(24,25)18-12-15(9-7-13(18)3)21-19(23)16-11-14(20)8-10-17(16)26-4/h7-12H,5-6H2,1-4H3,(H,21,23). The molecule has 1 amide bonds. The number of benzene rings is 2. The molecule has 0 heterocycles. The van der Waals surface area contributed by atoms with Crippen LogP contribution < -0.4 is 10.1 Å². The highest BCUT2D eigenvalue weighted by atomic mass is 35.5. The van der Waals surface area contributed by atoms with Crippen molar-refractivity contribution in [3.05, 3.63) is 52.5 Å². The SMILES string of the molecule is CCN(CC)S(=O)(=O)c1cc(NC(=O)c2cc(Cl)ccc2OC)ccc1C. The lowest BCUT2D eigenvalue weighted by Crippen LogP contribution is -2.31. The van der Waals surface area contributed by atoms with Gasteiger partial charge in [-0.05, 0) is 42.8 Å². The van der Waals surface area contributed by atoms with Gasteiger partial charge in [0.15, 0.2) is 0 Å². The summed E-state index contributed by atoms with van der Waals surface area (Å²) in [4.78, 5) is 12.8. The molecule has 0 aliphatic rings. The van der Waals surface area contributed by atoms with E-state index in [1.165, 1.54) is 23.5 Å². The summed E-state index contributed by atoms with van der Waals surface area (Å²) in [6, 6.07) is 9.52. The second-order valence-corrected chi connectivity index (χ2v) is 8.21. The minimum absolute atomic E-state index is 0.169. The fourth-order valence-corrected chi connectivity index (χ4v) is 4.60. The summed E-state index contributed by atoms with van der Waals surface area (Å²) in [5.41, 5.74) is 1.25. The normalized spacial score (nSPS) is 11.5. The summed E-state index contributed by atoms with van der Waals surface area (Å²) in [5, 5.41) is 3.11. The Labute approximate surface area is 165 Å². The van der Waals surface area contributed by atoms with Gasteiger partial charge < -0.3 is 10.1 Å². The lowest BCUT2D eigenvalue weighted by atomic mass is 10.1. The van der Waals surface area contributed by atoms with Crippen LogP contribution in [0.15, 0.2) is 41.3 Å². The molecule has 0 unspecified atom stereocenters. The zero-order valence-corrected chi connectivity index (χ0v) is 17.3. The third-order valence-corrected chi connectivity index (χ3v) is 6.60. The number of nitrogens with zero attached hydrogens (tertiary/aromatic N) is 1. The number of rotatable bonds is 7. The topological polar surface area (TPSA) is 75.7 Å². The number of methoxy groups -OCH3 is 1. The van der Waals surface area contributed by atoms with Crippen molar-refractivity contribution < 1.29 is 17.9 Å². The zero-order valence-electron chi connectivity index (χ0n) is 15.7. The Kier molecular flexibility index (Phi) is 6.86. The van der Waals surface area contributed by atoms with Gasteiger partial charge in [0.1, 0.15) is 5.75 Å². The molecule has 2 rings (SSSR count). The monoisotopic (exact) mass is 410 g/mol. The largest absolute Gasteiger partial charge is 0.496 e. The molecule has 2 aromatic rings. The summed E-state index contributed by atoms with van der Waals surface area (Å²) >= 11 is 5.97. The van der Waals surface area contributed by atoms with Crippen LogP contribution in [0, 0.1) is 6.92 Å². The predicted octanol–water partition coefficient (Wildman–Crippen LogP) is 3.94. The van der Waals surface area contributed by atoms with E-state index in [0.29, 0.717) is 35.1 Å². The average Bonchev–Trinajstić information content (AvgIpc) is 2.63. The highest BCUT2D eigenvalue weighted by molar-refractivity contribution is 7.89. The lowest BCUT2D eigenvalue weighted by molar-refractivity contribution is 0.102. The number of carbonyl (C=O) groups is 1. The minimum Gasteiger partial charge on any atom is -0.496 e. The molecule has 6 nitrogen and oxygen atoms in total. The zero-order chi connectivity index (χ0) is 20.2. The van der Waals surface area contributed by atoms with Crippen LogP contribution in [0.25, 0.3) is 0 Å². The minimum atomic E-state index is -3.64. The molecule has 0 bridgehead atoms. The molecule has 0 radical (unpaired) electrons. The molecular formula is C19H23ClN2O4S. The first-order valence-corrected chi connectivity index (χ1v) is 10.3. The lowest BCUT2D eigenvalue weighted by Gasteiger charge is -2.20. The quantitative estimate of drug-likeness (QED) is 0.750. The second kappa shape index (κ2) is 8.73. The molecule has 0 spiro atoms. The maximum absolute atomic E-state index is 12.8. The number of ether oxygens (including phenoxy) is 1. The molecule has 0 aliphatic carbocycles. The van der Waals surface area contributed by atoms with Gasteiger partial charge in [0.05, 0.1) is 17.6 Å². The van der Waals surface area contributed by atoms with Gasteiger partial charge >= 0.3 is 0 Å². The fraction of sp³-hybridized carbons (Fsp3) is 0.316. The van der Waals surface area contributed by atoms with Crippen molar-refractivity contribution in [3.8, 4) is 5.75 Å². The molecule has 0 atom stereocenters. The second-order valence-electron chi connectivity index (χ2n) is 5.87. The number of sulfonamides is 1. The number of anilines is 1. The number of hydrogen-bond donors (Lipinski definition) is 1. The van der Waals surface area contributed by atoms with Crippen molar-refractivity contribution in [2.75, 3.05) is 25.5 Å². The highest BCUT2D eigenvalue weighted by Crippen LogP contribution is 2.26. The van der Waals surface area contributed by atoms with Crippen LogP contribution in [0.2, 0.25) is 5.02 Å². The molecule has 146 valence electrons. The summed E-state index contributed by atoms with van der Waals surface area (Å²) < 4.78 is 32.3. The Morgan fingerprint density at radius 2 is 1.81 bits per heavy atom. The molecule has 8 heteroatoms. The van der Waals surface area contributed by atoms with E-state index < -0.39 is 15.9 Å².